The molecule has 0 aliphatic rings. The third-order valence-electron chi connectivity index (χ3n) is 4.73. The molecule has 0 atom stereocenters. The molecular formula is C24H17NO4. The van der Waals surface area contributed by atoms with Crippen LogP contribution in [0, 0.1) is 0 Å². The van der Waals surface area contributed by atoms with Crippen molar-refractivity contribution >= 4 is 28.3 Å². The van der Waals surface area contributed by atoms with Crippen LogP contribution < -0.4 is 5.32 Å². The number of phenols is 1. The van der Waals surface area contributed by atoms with Crippen molar-refractivity contribution in [2.24, 2.45) is 0 Å². The fraction of sp³-hybridized carbons (Fsp3) is 0. The highest BCUT2D eigenvalue weighted by Crippen LogP contribution is 2.27. The number of nitrogens with one attached hydrogen (secondary N) is 1. The highest BCUT2D eigenvalue weighted by Gasteiger charge is 2.09. The van der Waals surface area contributed by atoms with Gasteiger partial charge in [0.1, 0.15) is 5.75 Å². The summed E-state index contributed by atoms with van der Waals surface area (Å²) in [5.74, 6) is -1.06. The predicted molar refractivity (Wildman–Crippen MR) is 112 cm³/mol. The number of rotatable bonds is 4. The van der Waals surface area contributed by atoms with Crippen LogP contribution in [0.3, 0.4) is 0 Å². The van der Waals surface area contributed by atoms with Crippen molar-refractivity contribution < 1.29 is 19.8 Å². The number of hydrogen-bond acceptors (Lipinski definition) is 3. The minimum atomic E-state index is -0.967. The number of amides is 1. The fourth-order valence-corrected chi connectivity index (χ4v) is 3.16. The molecule has 0 saturated heterocycles. The van der Waals surface area contributed by atoms with Crippen LogP contribution in [0.15, 0.2) is 84.9 Å². The Balaban J connectivity index is 1.52. The van der Waals surface area contributed by atoms with Gasteiger partial charge in [0.15, 0.2) is 0 Å². The predicted octanol–water partition coefficient (Wildman–Crippen LogP) is 5.16. The molecule has 3 N–H and O–H groups in total. The maximum atomic E-state index is 12.6. The number of phenolic OH excluding ortho intramolecular Hbond substituents is 1. The Morgan fingerprint density at radius 2 is 1.34 bits per heavy atom. The van der Waals surface area contributed by atoms with E-state index in [0.29, 0.717) is 16.6 Å². The summed E-state index contributed by atoms with van der Waals surface area (Å²) in [4.78, 5) is 23.5. The van der Waals surface area contributed by atoms with Crippen molar-refractivity contribution in [2.45, 2.75) is 0 Å². The highest BCUT2D eigenvalue weighted by molar-refractivity contribution is 6.05. The molecule has 1 amide bonds. The summed E-state index contributed by atoms with van der Waals surface area (Å²) in [5, 5.41) is 23.4. The van der Waals surface area contributed by atoms with Crippen molar-refractivity contribution in [2.75, 3.05) is 5.32 Å². The average Bonchev–Trinajstić information content (AvgIpc) is 2.74. The summed E-state index contributed by atoms with van der Waals surface area (Å²) in [7, 11) is 0. The molecule has 0 spiro atoms. The van der Waals surface area contributed by atoms with E-state index in [1.54, 1.807) is 60.7 Å². The summed E-state index contributed by atoms with van der Waals surface area (Å²) in [5.41, 5.74) is 3.07. The largest absolute Gasteiger partial charge is 0.507 e. The number of carboxylic acids is 1. The van der Waals surface area contributed by atoms with Gasteiger partial charge in [-0.3, -0.25) is 4.79 Å². The van der Waals surface area contributed by atoms with Crippen molar-refractivity contribution in [1.82, 2.24) is 0 Å². The zero-order valence-corrected chi connectivity index (χ0v) is 15.3. The van der Waals surface area contributed by atoms with Gasteiger partial charge in [-0.15, -0.1) is 0 Å². The molecule has 29 heavy (non-hydrogen) atoms. The van der Waals surface area contributed by atoms with Crippen LogP contribution in [0.1, 0.15) is 20.7 Å². The molecule has 5 heteroatoms. The van der Waals surface area contributed by atoms with E-state index in [9.17, 15) is 14.7 Å². The summed E-state index contributed by atoms with van der Waals surface area (Å²) in [6.07, 6.45) is 0. The Labute approximate surface area is 166 Å². The van der Waals surface area contributed by atoms with Crippen LogP contribution in [0.2, 0.25) is 0 Å². The summed E-state index contributed by atoms with van der Waals surface area (Å²) in [6, 6.07) is 24.3. The molecule has 0 aliphatic carbocycles. The lowest BCUT2D eigenvalue weighted by Crippen LogP contribution is -2.11. The van der Waals surface area contributed by atoms with Crippen LogP contribution in [0.5, 0.6) is 5.75 Å². The van der Waals surface area contributed by atoms with E-state index in [1.807, 2.05) is 24.3 Å². The lowest BCUT2D eigenvalue weighted by atomic mass is 10.0. The quantitative estimate of drug-likeness (QED) is 0.454. The second kappa shape index (κ2) is 7.48. The number of fused-ring (bicyclic) bond motifs is 1. The first-order chi connectivity index (χ1) is 14.0. The topological polar surface area (TPSA) is 86.6 Å². The Bertz CT molecular complexity index is 1210. The molecule has 4 rings (SSSR count). The lowest BCUT2D eigenvalue weighted by molar-refractivity contribution is 0.0696. The van der Waals surface area contributed by atoms with Gasteiger partial charge in [0.25, 0.3) is 5.91 Å². The van der Waals surface area contributed by atoms with Crippen molar-refractivity contribution in [3.63, 3.8) is 0 Å². The third-order valence-corrected chi connectivity index (χ3v) is 4.73. The van der Waals surface area contributed by atoms with Crippen molar-refractivity contribution in [3.05, 3.63) is 96.1 Å². The fourth-order valence-electron chi connectivity index (χ4n) is 3.16. The molecule has 0 bridgehead atoms. The number of anilines is 1. The summed E-state index contributed by atoms with van der Waals surface area (Å²) < 4.78 is 0. The van der Waals surface area contributed by atoms with Gasteiger partial charge in [-0.05, 0) is 59.0 Å². The third kappa shape index (κ3) is 3.80. The molecular weight excluding hydrogens is 366 g/mol. The molecule has 142 valence electrons. The summed E-state index contributed by atoms with van der Waals surface area (Å²) >= 11 is 0. The van der Waals surface area contributed by atoms with E-state index >= 15 is 0 Å². The Morgan fingerprint density at radius 1 is 0.724 bits per heavy atom. The Hall–Kier alpha value is -4.12. The number of aromatic hydroxyl groups is 1. The van der Waals surface area contributed by atoms with E-state index in [4.69, 9.17) is 5.11 Å². The molecule has 0 fully saturated rings. The standard InChI is InChI=1S/C24H17NO4/c26-22-3-1-2-17-12-13-20(14-21(17)22)25-23(27)18-8-4-15(5-9-18)16-6-10-19(11-7-16)24(28)29/h1-14,26H,(H,25,27)(H,28,29). The van der Waals surface area contributed by atoms with E-state index in [-0.39, 0.29) is 17.2 Å². The number of carbonyl (C=O) groups is 2. The maximum Gasteiger partial charge on any atom is 0.335 e. The van der Waals surface area contributed by atoms with Crippen LogP contribution >= 0.6 is 0 Å². The monoisotopic (exact) mass is 383 g/mol. The molecule has 0 saturated carbocycles. The molecule has 5 nitrogen and oxygen atoms in total. The minimum Gasteiger partial charge on any atom is -0.507 e. The van der Waals surface area contributed by atoms with E-state index in [2.05, 4.69) is 5.32 Å². The van der Waals surface area contributed by atoms with Gasteiger partial charge in [-0.2, -0.15) is 0 Å². The van der Waals surface area contributed by atoms with Gasteiger partial charge in [-0.1, -0.05) is 42.5 Å². The van der Waals surface area contributed by atoms with Gasteiger partial charge in [0.2, 0.25) is 0 Å². The number of carboxylic acid groups (broad SMARTS) is 1. The molecule has 0 radical (unpaired) electrons. The van der Waals surface area contributed by atoms with E-state index < -0.39 is 5.97 Å². The second-order valence-corrected chi connectivity index (χ2v) is 6.63. The van der Waals surface area contributed by atoms with Gasteiger partial charge >= 0.3 is 5.97 Å². The number of hydrogen-bond donors (Lipinski definition) is 3. The van der Waals surface area contributed by atoms with E-state index in [1.165, 1.54) is 0 Å². The Kier molecular flexibility index (Phi) is 4.71. The first-order valence-electron chi connectivity index (χ1n) is 8.98. The van der Waals surface area contributed by atoms with Crippen molar-refractivity contribution in [1.29, 1.82) is 0 Å². The van der Waals surface area contributed by atoms with Crippen LogP contribution in [0.4, 0.5) is 5.69 Å². The second-order valence-electron chi connectivity index (χ2n) is 6.63. The first-order valence-corrected chi connectivity index (χ1v) is 8.98. The molecule has 0 heterocycles. The smallest absolute Gasteiger partial charge is 0.335 e. The molecule has 4 aromatic carbocycles. The zero-order valence-electron chi connectivity index (χ0n) is 15.3. The first kappa shape index (κ1) is 18.3. The number of carbonyl (C=O) groups excluding carboxylic acids is 1. The van der Waals surface area contributed by atoms with Gasteiger partial charge in [0.05, 0.1) is 5.56 Å². The highest BCUT2D eigenvalue weighted by atomic mass is 16.4. The minimum absolute atomic E-state index is 0.164. The van der Waals surface area contributed by atoms with Gasteiger partial charge in [0, 0.05) is 16.6 Å². The van der Waals surface area contributed by atoms with Crippen LogP contribution in [-0.4, -0.2) is 22.1 Å². The SMILES string of the molecule is O=C(O)c1ccc(-c2ccc(C(=O)Nc3ccc4cccc(O)c4c3)cc2)cc1. The maximum absolute atomic E-state index is 12.6. The van der Waals surface area contributed by atoms with Gasteiger partial charge < -0.3 is 15.5 Å². The number of benzene rings is 4. The summed E-state index contributed by atoms with van der Waals surface area (Å²) in [6.45, 7) is 0. The van der Waals surface area contributed by atoms with E-state index in [0.717, 1.165) is 16.5 Å². The average molecular weight is 383 g/mol. The van der Waals surface area contributed by atoms with Crippen molar-refractivity contribution in [3.8, 4) is 16.9 Å². The number of aromatic carboxylic acids is 1. The Morgan fingerprint density at radius 3 is 1.97 bits per heavy atom. The van der Waals surface area contributed by atoms with Crippen LogP contribution in [-0.2, 0) is 0 Å². The lowest BCUT2D eigenvalue weighted by Gasteiger charge is -2.09. The normalized spacial score (nSPS) is 10.6. The van der Waals surface area contributed by atoms with Gasteiger partial charge in [-0.25, -0.2) is 4.79 Å². The molecule has 0 aromatic heterocycles. The van der Waals surface area contributed by atoms with Crippen LogP contribution in [0.25, 0.3) is 21.9 Å². The zero-order chi connectivity index (χ0) is 20.4. The molecule has 0 unspecified atom stereocenters. The molecule has 4 aromatic rings. The molecule has 0 aliphatic heterocycles.